The largest absolute Gasteiger partial charge is 0.397 e. The van der Waals surface area contributed by atoms with Gasteiger partial charge in [0.25, 0.3) is 0 Å². The van der Waals surface area contributed by atoms with Gasteiger partial charge in [-0.3, -0.25) is 0 Å². The van der Waals surface area contributed by atoms with E-state index in [9.17, 15) is 0 Å². The quantitative estimate of drug-likeness (QED) is 0.719. The van der Waals surface area contributed by atoms with Crippen LogP contribution >= 0.6 is 0 Å². The first-order chi connectivity index (χ1) is 5.72. The maximum atomic E-state index is 5.50. The standard InChI is InChI=1S/C9H15N3/c1-3-7(2)12-9-5-4-8(10)6-11-9/h4-7H,3,10H2,1-2H3,(H,11,12). The average Bonchev–Trinajstić information content (AvgIpc) is 2.09. The molecule has 0 amide bonds. The average molecular weight is 165 g/mol. The van der Waals surface area contributed by atoms with Gasteiger partial charge >= 0.3 is 0 Å². The Balaban J connectivity index is 2.58. The number of aromatic nitrogens is 1. The molecule has 0 aliphatic heterocycles. The molecule has 12 heavy (non-hydrogen) atoms. The summed E-state index contributed by atoms with van der Waals surface area (Å²) in [5.74, 6) is 0.888. The number of nitrogens with two attached hydrogens (primary N) is 1. The molecule has 0 spiro atoms. The second kappa shape index (κ2) is 3.95. The molecule has 1 rings (SSSR count). The van der Waals surface area contributed by atoms with Gasteiger partial charge in [0.15, 0.2) is 0 Å². The summed E-state index contributed by atoms with van der Waals surface area (Å²) in [4.78, 5) is 4.13. The van der Waals surface area contributed by atoms with E-state index >= 15 is 0 Å². The van der Waals surface area contributed by atoms with Gasteiger partial charge in [0.1, 0.15) is 5.82 Å². The van der Waals surface area contributed by atoms with E-state index in [1.807, 2.05) is 12.1 Å². The first-order valence-corrected chi connectivity index (χ1v) is 4.20. The molecular formula is C9H15N3. The fourth-order valence-corrected chi connectivity index (χ4v) is 0.845. The number of hydrogen-bond donors (Lipinski definition) is 2. The fourth-order valence-electron chi connectivity index (χ4n) is 0.845. The van der Waals surface area contributed by atoms with Crippen molar-refractivity contribution in [2.45, 2.75) is 26.3 Å². The molecule has 0 aromatic carbocycles. The summed E-state index contributed by atoms with van der Waals surface area (Å²) in [5, 5.41) is 3.25. The van der Waals surface area contributed by atoms with Crippen LogP contribution < -0.4 is 11.1 Å². The van der Waals surface area contributed by atoms with E-state index < -0.39 is 0 Å². The van der Waals surface area contributed by atoms with Gasteiger partial charge in [0.05, 0.1) is 11.9 Å². The molecule has 66 valence electrons. The van der Waals surface area contributed by atoms with Gasteiger partial charge in [0.2, 0.25) is 0 Å². The molecule has 0 saturated heterocycles. The zero-order valence-electron chi connectivity index (χ0n) is 7.54. The van der Waals surface area contributed by atoms with Gasteiger partial charge in [-0.05, 0) is 25.5 Å². The van der Waals surface area contributed by atoms with Crippen LogP contribution in [-0.4, -0.2) is 11.0 Å². The van der Waals surface area contributed by atoms with Crippen molar-refractivity contribution >= 4 is 11.5 Å². The van der Waals surface area contributed by atoms with Crippen LogP contribution in [0.2, 0.25) is 0 Å². The minimum absolute atomic E-state index is 0.459. The third-order valence-corrected chi connectivity index (χ3v) is 1.79. The highest BCUT2D eigenvalue weighted by molar-refractivity contribution is 5.43. The minimum atomic E-state index is 0.459. The van der Waals surface area contributed by atoms with Gasteiger partial charge < -0.3 is 11.1 Å². The maximum Gasteiger partial charge on any atom is 0.126 e. The number of nitrogens with one attached hydrogen (secondary N) is 1. The summed E-state index contributed by atoms with van der Waals surface area (Å²) in [6, 6.07) is 4.19. The van der Waals surface area contributed by atoms with Crippen molar-refractivity contribution in [2.75, 3.05) is 11.1 Å². The molecular weight excluding hydrogens is 150 g/mol. The van der Waals surface area contributed by atoms with E-state index in [0.29, 0.717) is 11.7 Å². The topological polar surface area (TPSA) is 50.9 Å². The number of nitrogens with zero attached hydrogens (tertiary/aromatic N) is 1. The van der Waals surface area contributed by atoms with Gasteiger partial charge in [-0.15, -0.1) is 0 Å². The summed E-state index contributed by atoms with van der Waals surface area (Å²) in [6.07, 6.45) is 2.75. The number of rotatable bonds is 3. The van der Waals surface area contributed by atoms with Crippen molar-refractivity contribution in [1.82, 2.24) is 4.98 Å². The van der Waals surface area contributed by atoms with Crippen LogP contribution in [0.15, 0.2) is 18.3 Å². The van der Waals surface area contributed by atoms with Crippen LogP contribution in [-0.2, 0) is 0 Å². The molecule has 0 saturated carbocycles. The van der Waals surface area contributed by atoms with Crippen LogP contribution in [0.25, 0.3) is 0 Å². The Morgan fingerprint density at radius 2 is 2.33 bits per heavy atom. The SMILES string of the molecule is CCC(C)Nc1ccc(N)cn1. The van der Waals surface area contributed by atoms with Crippen LogP contribution in [0.1, 0.15) is 20.3 Å². The molecule has 3 heteroatoms. The van der Waals surface area contributed by atoms with E-state index in [4.69, 9.17) is 5.73 Å². The van der Waals surface area contributed by atoms with Crippen LogP contribution in [0, 0.1) is 0 Å². The van der Waals surface area contributed by atoms with E-state index in [1.165, 1.54) is 0 Å². The Morgan fingerprint density at radius 1 is 1.58 bits per heavy atom. The molecule has 1 unspecified atom stereocenters. The molecule has 0 aliphatic carbocycles. The molecule has 1 aromatic rings. The Morgan fingerprint density at radius 3 is 2.83 bits per heavy atom. The van der Waals surface area contributed by atoms with Gasteiger partial charge in [-0.25, -0.2) is 4.98 Å². The summed E-state index contributed by atoms with van der Waals surface area (Å²) >= 11 is 0. The number of anilines is 2. The van der Waals surface area contributed by atoms with Crippen LogP contribution in [0.5, 0.6) is 0 Å². The van der Waals surface area contributed by atoms with Gasteiger partial charge in [0, 0.05) is 6.04 Å². The molecule has 3 nitrogen and oxygen atoms in total. The third kappa shape index (κ3) is 2.42. The van der Waals surface area contributed by atoms with Crippen LogP contribution in [0.3, 0.4) is 0 Å². The molecule has 1 aromatic heterocycles. The zero-order chi connectivity index (χ0) is 8.97. The molecule has 0 radical (unpaired) electrons. The lowest BCUT2D eigenvalue weighted by Gasteiger charge is -2.11. The summed E-state index contributed by atoms with van der Waals surface area (Å²) in [6.45, 7) is 4.26. The summed E-state index contributed by atoms with van der Waals surface area (Å²) in [5.41, 5.74) is 6.20. The Labute approximate surface area is 73.0 Å². The predicted octanol–water partition coefficient (Wildman–Crippen LogP) is 1.87. The molecule has 0 bridgehead atoms. The highest BCUT2D eigenvalue weighted by atomic mass is 15.0. The lowest BCUT2D eigenvalue weighted by molar-refractivity contribution is 0.759. The minimum Gasteiger partial charge on any atom is -0.397 e. The van der Waals surface area contributed by atoms with E-state index in [0.717, 1.165) is 12.2 Å². The number of nitrogen functional groups attached to an aromatic ring is 1. The zero-order valence-corrected chi connectivity index (χ0v) is 7.54. The number of pyridine rings is 1. The summed E-state index contributed by atoms with van der Waals surface area (Å²) < 4.78 is 0. The normalized spacial score (nSPS) is 12.5. The highest BCUT2D eigenvalue weighted by Gasteiger charge is 1.98. The lowest BCUT2D eigenvalue weighted by atomic mass is 10.2. The second-order valence-electron chi connectivity index (χ2n) is 2.93. The van der Waals surface area contributed by atoms with Crippen molar-refractivity contribution < 1.29 is 0 Å². The fraction of sp³-hybridized carbons (Fsp3) is 0.444. The smallest absolute Gasteiger partial charge is 0.126 e. The third-order valence-electron chi connectivity index (χ3n) is 1.79. The van der Waals surface area contributed by atoms with Gasteiger partial charge in [-0.1, -0.05) is 6.92 Å². The van der Waals surface area contributed by atoms with E-state index in [-0.39, 0.29) is 0 Å². The van der Waals surface area contributed by atoms with Crippen molar-refractivity contribution in [3.63, 3.8) is 0 Å². The van der Waals surface area contributed by atoms with Crippen LogP contribution in [0.4, 0.5) is 11.5 Å². The summed E-state index contributed by atoms with van der Waals surface area (Å²) in [7, 11) is 0. The molecule has 0 aliphatic rings. The molecule has 0 fully saturated rings. The first-order valence-electron chi connectivity index (χ1n) is 4.20. The Bertz CT molecular complexity index is 230. The molecule has 1 atom stereocenters. The Hall–Kier alpha value is -1.25. The maximum absolute atomic E-state index is 5.50. The van der Waals surface area contributed by atoms with Crippen molar-refractivity contribution in [2.24, 2.45) is 0 Å². The van der Waals surface area contributed by atoms with E-state index in [2.05, 4.69) is 24.1 Å². The second-order valence-corrected chi connectivity index (χ2v) is 2.93. The lowest BCUT2D eigenvalue weighted by Crippen LogP contribution is -2.14. The van der Waals surface area contributed by atoms with Gasteiger partial charge in [-0.2, -0.15) is 0 Å². The molecule has 1 heterocycles. The van der Waals surface area contributed by atoms with Crippen molar-refractivity contribution in [1.29, 1.82) is 0 Å². The molecule has 3 N–H and O–H groups in total. The Kier molecular flexibility index (Phi) is 2.91. The number of hydrogen-bond acceptors (Lipinski definition) is 3. The van der Waals surface area contributed by atoms with Crippen molar-refractivity contribution in [3.8, 4) is 0 Å². The van der Waals surface area contributed by atoms with Crippen molar-refractivity contribution in [3.05, 3.63) is 18.3 Å². The predicted molar refractivity (Wildman–Crippen MR) is 52.0 cm³/mol. The van der Waals surface area contributed by atoms with E-state index in [1.54, 1.807) is 6.20 Å². The monoisotopic (exact) mass is 165 g/mol. The highest BCUT2D eigenvalue weighted by Crippen LogP contribution is 2.07. The first kappa shape index (κ1) is 8.84.